The van der Waals surface area contributed by atoms with E-state index in [1.54, 1.807) is 18.2 Å². The number of hydrogen-bond acceptors (Lipinski definition) is 5. The number of benzene rings is 2. The lowest BCUT2D eigenvalue weighted by atomic mass is 10.1. The topological polar surface area (TPSA) is 67.9 Å². The van der Waals surface area contributed by atoms with Crippen molar-refractivity contribution >= 4 is 10.0 Å². The monoisotopic (exact) mass is 404 g/mol. The van der Waals surface area contributed by atoms with Gasteiger partial charge in [0.15, 0.2) is 0 Å². The molecule has 0 unspecified atom stereocenters. The average Bonchev–Trinajstić information content (AvgIpc) is 2.70. The third-order valence-corrected chi connectivity index (χ3v) is 6.26. The Morgan fingerprint density at radius 3 is 2.71 bits per heavy atom. The molecule has 7 heteroatoms. The molecule has 1 aliphatic heterocycles. The molecule has 0 bridgehead atoms. The summed E-state index contributed by atoms with van der Waals surface area (Å²) in [5.74, 6) is 0.710. The van der Waals surface area contributed by atoms with Crippen LogP contribution in [-0.2, 0) is 14.8 Å². The van der Waals surface area contributed by atoms with Gasteiger partial charge in [-0.05, 0) is 43.2 Å². The molecule has 1 atom stereocenters. The maximum Gasteiger partial charge on any atom is 0.240 e. The van der Waals surface area contributed by atoms with Crippen LogP contribution >= 0.6 is 0 Å². The Balaban J connectivity index is 1.54. The summed E-state index contributed by atoms with van der Waals surface area (Å²) in [5.41, 5.74) is 1.96. The van der Waals surface area contributed by atoms with Crippen LogP contribution in [0.15, 0.2) is 53.4 Å². The summed E-state index contributed by atoms with van der Waals surface area (Å²) in [4.78, 5) is 2.49. The van der Waals surface area contributed by atoms with Crippen molar-refractivity contribution in [1.29, 1.82) is 0 Å². The normalized spacial score (nSPS) is 18.1. The third kappa shape index (κ3) is 5.32. The molecule has 1 heterocycles. The van der Waals surface area contributed by atoms with Crippen LogP contribution in [0.1, 0.15) is 24.2 Å². The zero-order chi connectivity index (χ0) is 20.0. The summed E-state index contributed by atoms with van der Waals surface area (Å²) < 4.78 is 39.2. The highest BCUT2D eigenvalue weighted by atomic mass is 32.2. The second-order valence-corrected chi connectivity index (χ2v) is 8.60. The highest BCUT2D eigenvalue weighted by Crippen LogP contribution is 2.23. The van der Waals surface area contributed by atoms with E-state index in [1.165, 1.54) is 0 Å². The predicted molar refractivity (Wildman–Crippen MR) is 109 cm³/mol. The molecule has 28 heavy (non-hydrogen) atoms. The van der Waals surface area contributed by atoms with Crippen molar-refractivity contribution in [3.05, 3.63) is 59.7 Å². The van der Waals surface area contributed by atoms with E-state index in [1.807, 2.05) is 32.0 Å². The van der Waals surface area contributed by atoms with Crippen LogP contribution in [0, 0.1) is 6.92 Å². The van der Waals surface area contributed by atoms with Crippen LogP contribution in [0.2, 0.25) is 0 Å². The molecule has 0 aromatic heterocycles. The fourth-order valence-corrected chi connectivity index (χ4v) is 4.41. The van der Waals surface area contributed by atoms with Crippen molar-refractivity contribution in [2.45, 2.75) is 24.8 Å². The number of sulfonamides is 1. The number of morpholine rings is 1. The summed E-state index contributed by atoms with van der Waals surface area (Å²) in [6.07, 6.45) is 0.0281. The number of nitrogens with zero attached hydrogens (tertiary/aromatic N) is 1. The molecule has 152 valence electrons. The van der Waals surface area contributed by atoms with Crippen molar-refractivity contribution in [2.24, 2.45) is 0 Å². The van der Waals surface area contributed by atoms with Crippen molar-refractivity contribution in [3.8, 4) is 5.75 Å². The van der Waals surface area contributed by atoms with E-state index in [0.29, 0.717) is 32.1 Å². The fourth-order valence-electron chi connectivity index (χ4n) is 3.30. The van der Waals surface area contributed by atoms with E-state index >= 15 is 0 Å². The Morgan fingerprint density at radius 2 is 2.00 bits per heavy atom. The molecule has 0 spiro atoms. The summed E-state index contributed by atoms with van der Waals surface area (Å²) in [6.45, 7) is 7.50. The predicted octanol–water partition coefficient (Wildman–Crippen LogP) is 2.75. The Hall–Kier alpha value is -1.93. The van der Waals surface area contributed by atoms with E-state index in [0.717, 1.165) is 24.2 Å². The standard InChI is InChI=1S/C21H28N2O4S/c1-3-26-20-10-9-19(15-17(20)2)28(24,25)22-11-12-23-13-14-27-21(16-23)18-7-5-4-6-8-18/h4-10,15,21-22H,3,11-14,16H2,1-2H3/t21-/m0/s1. The largest absolute Gasteiger partial charge is 0.494 e. The number of nitrogens with one attached hydrogen (secondary N) is 1. The minimum atomic E-state index is -3.54. The molecule has 3 rings (SSSR count). The van der Waals surface area contributed by atoms with E-state index in [-0.39, 0.29) is 11.0 Å². The number of rotatable bonds is 8. The summed E-state index contributed by atoms with van der Waals surface area (Å²) in [6, 6.07) is 15.1. The van der Waals surface area contributed by atoms with Crippen LogP contribution in [0.25, 0.3) is 0 Å². The van der Waals surface area contributed by atoms with Crippen molar-refractivity contribution < 1.29 is 17.9 Å². The first-order valence-electron chi connectivity index (χ1n) is 9.61. The van der Waals surface area contributed by atoms with E-state index in [4.69, 9.17) is 9.47 Å². The zero-order valence-corrected chi connectivity index (χ0v) is 17.2. The zero-order valence-electron chi connectivity index (χ0n) is 16.4. The lowest BCUT2D eigenvalue weighted by Gasteiger charge is -2.33. The molecule has 1 aliphatic rings. The molecule has 2 aromatic rings. The first kappa shape index (κ1) is 20.8. The van der Waals surface area contributed by atoms with Gasteiger partial charge >= 0.3 is 0 Å². The van der Waals surface area contributed by atoms with Crippen LogP contribution in [0.3, 0.4) is 0 Å². The number of aryl methyl sites for hydroxylation is 1. The van der Waals surface area contributed by atoms with Gasteiger partial charge in [-0.3, -0.25) is 4.90 Å². The lowest BCUT2D eigenvalue weighted by molar-refractivity contribution is -0.0291. The minimum absolute atomic E-state index is 0.0281. The van der Waals surface area contributed by atoms with Gasteiger partial charge in [-0.25, -0.2) is 13.1 Å². The van der Waals surface area contributed by atoms with Crippen LogP contribution in [0.4, 0.5) is 0 Å². The Bertz CT molecular complexity index is 871. The third-order valence-electron chi connectivity index (χ3n) is 4.80. The van der Waals surface area contributed by atoms with Crippen LogP contribution < -0.4 is 9.46 Å². The van der Waals surface area contributed by atoms with Crippen molar-refractivity contribution in [2.75, 3.05) is 39.4 Å². The molecule has 1 saturated heterocycles. The van der Waals surface area contributed by atoms with Gasteiger partial charge < -0.3 is 9.47 Å². The maximum absolute atomic E-state index is 12.6. The second kappa shape index (κ2) is 9.52. The number of hydrogen-bond donors (Lipinski definition) is 1. The van der Waals surface area contributed by atoms with Crippen LogP contribution in [-0.4, -0.2) is 52.7 Å². The van der Waals surface area contributed by atoms with Gasteiger partial charge in [0, 0.05) is 26.2 Å². The van der Waals surface area contributed by atoms with E-state index in [2.05, 4.69) is 21.8 Å². The molecule has 2 aromatic carbocycles. The highest BCUT2D eigenvalue weighted by molar-refractivity contribution is 7.89. The van der Waals surface area contributed by atoms with Crippen LogP contribution in [0.5, 0.6) is 5.75 Å². The fraction of sp³-hybridized carbons (Fsp3) is 0.429. The lowest BCUT2D eigenvalue weighted by Crippen LogP contribution is -2.42. The van der Waals surface area contributed by atoms with Crippen molar-refractivity contribution in [3.63, 3.8) is 0 Å². The molecule has 1 N–H and O–H groups in total. The highest BCUT2D eigenvalue weighted by Gasteiger charge is 2.22. The van der Waals surface area contributed by atoms with Gasteiger partial charge in [-0.2, -0.15) is 0 Å². The molecule has 0 aliphatic carbocycles. The summed E-state index contributed by atoms with van der Waals surface area (Å²) >= 11 is 0. The first-order valence-corrected chi connectivity index (χ1v) is 11.1. The summed E-state index contributed by atoms with van der Waals surface area (Å²) in [7, 11) is -3.54. The van der Waals surface area contributed by atoms with Gasteiger partial charge in [0.05, 0.1) is 24.2 Å². The molecule has 0 amide bonds. The Morgan fingerprint density at radius 1 is 1.21 bits per heavy atom. The maximum atomic E-state index is 12.6. The minimum Gasteiger partial charge on any atom is -0.494 e. The summed E-state index contributed by atoms with van der Waals surface area (Å²) in [5, 5.41) is 0. The molecular weight excluding hydrogens is 376 g/mol. The van der Waals surface area contributed by atoms with Gasteiger partial charge in [0.1, 0.15) is 5.75 Å². The smallest absolute Gasteiger partial charge is 0.240 e. The quantitative estimate of drug-likeness (QED) is 0.733. The molecule has 1 fully saturated rings. The van der Waals surface area contributed by atoms with Gasteiger partial charge in [-0.1, -0.05) is 30.3 Å². The number of ether oxygens (including phenoxy) is 2. The van der Waals surface area contributed by atoms with E-state index < -0.39 is 10.0 Å². The first-order chi connectivity index (χ1) is 13.5. The average molecular weight is 405 g/mol. The second-order valence-electron chi connectivity index (χ2n) is 6.83. The van der Waals surface area contributed by atoms with Gasteiger partial charge in [-0.15, -0.1) is 0 Å². The van der Waals surface area contributed by atoms with Gasteiger partial charge in [0.25, 0.3) is 0 Å². The van der Waals surface area contributed by atoms with Gasteiger partial charge in [0.2, 0.25) is 10.0 Å². The Labute approximate surface area is 167 Å². The van der Waals surface area contributed by atoms with E-state index in [9.17, 15) is 8.42 Å². The molecule has 0 saturated carbocycles. The van der Waals surface area contributed by atoms with Crippen molar-refractivity contribution in [1.82, 2.24) is 9.62 Å². The molecular formula is C21H28N2O4S. The Kier molecular flexibility index (Phi) is 7.07. The molecule has 6 nitrogen and oxygen atoms in total. The SMILES string of the molecule is CCOc1ccc(S(=O)(=O)NCCN2CCO[C@H](c3ccccc3)C2)cc1C. The molecule has 0 radical (unpaired) electrons.